The Labute approximate surface area is 198 Å². The fraction of sp³-hybridized carbons (Fsp3) is 0.435. The number of nitrogens with one attached hydrogen (secondary N) is 1. The van der Waals surface area contributed by atoms with E-state index >= 15 is 0 Å². The van der Waals surface area contributed by atoms with Crippen LogP contribution in [0.15, 0.2) is 18.2 Å². The first-order valence-electron chi connectivity index (χ1n) is 10.8. The minimum atomic E-state index is -1.11. The van der Waals surface area contributed by atoms with Gasteiger partial charge in [-0.15, -0.1) is 0 Å². The average Bonchev–Trinajstić information content (AvgIpc) is 2.87. The summed E-state index contributed by atoms with van der Waals surface area (Å²) in [6, 6.07) is 4.77. The number of carboxylic acids is 1. The van der Waals surface area contributed by atoms with Crippen LogP contribution in [0.5, 0.6) is 23.1 Å². The van der Waals surface area contributed by atoms with Gasteiger partial charge < -0.3 is 39.2 Å². The molecule has 2 N–H and O–H groups in total. The van der Waals surface area contributed by atoms with Crippen LogP contribution in [0.4, 0.5) is 16.2 Å². The van der Waals surface area contributed by atoms with Crippen molar-refractivity contribution in [3.05, 3.63) is 29.5 Å². The van der Waals surface area contributed by atoms with E-state index in [0.29, 0.717) is 55.5 Å². The smallest absolute Gasteiger partial charge is 0.337 e. The number of anilines is 2. The molecule has 1 fully saturated rings. The summed E-state index contributed by atoms with van der Waals surface area (Å²) in [5, 5.41) is 12.2. The molecule has 0 bridgehead atoms. The summed E-state index contributed by atoms with van der Waals surface area (Å²) in [6.07, 6.45) is 0.426. The molecule has 1 aromatic carbocycles. The van der Waals surface area contributed by atoms with Crippen molar-refractivity contribution in [3.8, 4) is 23.1 Å². The number of pyridine rings is 1. The predicted octanol–water partition coefficient (Wildman–Crippen LogP) is 2.73. The Morgan fingerprint density at radius 2 is 1.59 bits per heavy atom. The van der Waals surface area contributed by atoms with Crippen LogP contribution in [0.25, 0.3) is 0 Å². The maximum Gasteiger partial charge on any atom is 0.337 e. The SMILES string of the molecule is CCc1nc(OC)c(NC(=O)N2CCN(c3cc(OC)c(OC)c(OC)c3)CC2)cc1C(=O)O. The van der Waals surface area contributed by atoms with Crippen molar-refractivity contribution < 1.29 is 33.6 Å². The number of aromatic nitrogens is 1. The molecule has 0 radical (unpaired) electrons. The number of piperazine rings is 1. The zero-order valence-corrected chi connectivity index (χ0v) is 20.0. The molecule has 1 aromatic heterocycles. The molecular formula is C23H30N4O7. The number of hydrogen-bond acceptors (Lipinski definition) is 8. The van der Waals surface area contributed by atoms with Crippen LogP contribution in [-0.4, -0.2) is 81.6 Å². The summed E-state index contributed by atoms with van der Waals surface area (Å²) in [5.74, 6) is 0.694. The van der Waals surface area contributed by atoms with Crippen molar-refractivity contribution in [2.24, 2.45) is 0 Å². The van der Waals surface area contributed by atoms with Crippen LogP contribution < -0.4 is 29.2 Å². The van der Waals surface area contributed by atoms with Crippen molar-refractivity contribution in [2.45, 2.75) is 13.3 Å². The second-order valence-electron chi connectivity index (χ2n) is 7.49. The fourth-order valence-corrected chi connectivity index (χ4v) is 3.84. The van der Waals surface area contributed by atoms with Gasteiger partial charge in [-0.05, 0) is 12.5 Å². The Kier molecular flexibility index (Phi) is 7.87. The number of ether oxygens (including phenoxy) is 4. The molecule has 1 saturated heterocycles. The Hall–Kier alpha value is -3.89. The lowest BCUT2D eigenvalue weighted by atomic mass is 10.1. The molecule has 0 spiro atoms. The normalized spacial score (nSPS) is 13.3. The van der Waals surface area contributed by atoms with Gasteiger partial charge in [0.2, 0.25) is 11.6 Å². The van der Waals surface area contributed by atoms with E-state index in [-0.39, 0.29) is 23.2 Å². The number of aryl methyl sites for hydroxylation is 1. The standard InChI is InChI=1S/C23H30N4O7/c1-6-16-15(22(28)29)13-17(21(24-16)34-5)25-23(30)27-9-7-26(8-10-27)14-11-18(31-2)20(33-4)19(12-14)32-3/h11-13H,6-10H2,1-5H3,(H,25,30)(H,28,29). The topological polar surface area (TPSA) is 123 Å². The van der Waals surface area contributed by atoms with Gasteiger partial charge in [-0.2, -0.15) is 0 Å². The van der Waals surface area contributed by atoms with E-state index in [9.17, 15) is 14.7 Å². The van der Waals surface area contributed by atoms with E-state index in [1.165, 1.54) is 13.2 Å². The molecule has 0 atom stereocenters. The predicted molar refractivity (Wildman–Crippen MR) is 126 cm³/mol. The highest BCUT2D eigenvalue weighted by Gasteiger charge is 2.25. The fourth-order valence-electron chi connectivity index (χ4n) is 3.84. The summed E-state index contributed by atoms with van der Waals surface area (Å²) < 4.78 is 21.5. The highest BCUT2D eigenvalue weighted by molar-refractivity contribution is 5.95. The lowest BCUT2D eigenvalue weighted by Gasteiger charge is -2.36. The highest BCUT2D eigenvalue weighted by atomic mass is 16.5. The van der Waals surface area contributed by atoms with Crippen LogP contribution in [0.1, 0.15) is 23.0 Å². The van der Waals surface area contributed by atoms with Gasteiger partial charge in [0.25, 0.3) is 0 Å². The zero-order valence-electron chi connectivity index (χ0n) is 20.0. The number of rotatable bonds is 8. The average molecular weight is 475 g/mol. The number of methoxy groups -OCH3 is 4. The molecule has 11 heteroatoms. The molecule has 2 aromatic rings. The molecule has 11 nitrogen and oxygen atoms in total. The summed E-state index contributed by atoms with van der Waals surface area (Å²) in [7, 11) is 6.11. The van der Waals surface area contributed by atoms with E-state index in [1.807, 2.05) is 12.1 Å². The van der Waals surface area contributed by atoms with E-state index in [0.717, 1.165) is 5.69 Å². The Morgan fingerprint density at radius 3 is 2.06 bits per heavy atom. The van der Waals surface area contributed by atoms with E-state index in [4.69, 9.17) is 18.9 Å². The maximum atomic E-state index is 12.9. The number of carboxylic acid groups (broad SMARTS) is 1. The Bertz CT molecular complexity index is 1030. The van der Waals surface area contributed by atoms with Crippen molar-refractivity contribution in [2.75, 3.05) is 64.8 Å². The second-order valence-corrected chi connectivity index (χ2v) is 7.49. The molecule has 0 saturated carbocycles. The first kappa shape index (κ1) is 24.7. The number of carbonyl (C=O) groups excluding carboxylic acids is 1. The molecule has 0 unspecified atom stereocenters. The molecule has 1 aliphatic heterocycles. The van der Waals surface area contributed by atoms with Crippen LogP contribution in [-0.2, 0) is 6.42 Å². The number of hydrogen-bond donors (Lipinski definition) is 2. The van der Waals surface area contributed by atoms with Gasteiger partial charge in [-0.25, -0.2) is 14.6 Å². The molecule has 2 amide bonds. The van der Waals surface area contributed by atoms with Gasteiger partial charge in [0, 0.05) is 44.0 Å². The van der Waals surface area contributed by atoms with Crippen molar-refractivity contribution in [1.82, 2.24) is 9.88 Å². The molecule has 184 valence electrons. The lowest BCUT2D eigenvalue weighted by molar-refractivity contribution is 0.0695. The largest absolute Gasteiger partial charge is 0.493 e. The minimum Gasteiger partial charge on any atom is -0.493 e. The molecular weight excluding hydrogens is 444 g/mol. The summed E-state index contributed by atoms with van der Waals surface area (Å²) in [5.41, 5.74) is 1.53. The van der Waals surface area contributed by atoms with Gasteiger partial charge in [-0.1, -0.05) is 6.92 Å². The number of amides is 2. The molecule has 0 aliphatic carbocycles. The van der Waals surface area contributed by atoms with Crippen LogP contribution >= 0.6 is 0 Å². The van der Waals surface area contributed by atoms with Gasteiger partial charge in [0.15, 0.2) is 11.5 Å². The third kappa shape index (κ3) is 5.03. The van der Waals surface area contributed by atoms with E-state index in [2.05, 4.69) is 15.2 Å². The Morgan fingerprint density at radius 1 is 0.971 bits per heavy atom. The maximum absolute atomic E-state index is 12.9. The summed E-state index contributed by atoms with van der Waals surface area (Å²) in [6.45, 7) is 3.88. The first-order valence-corrected chi connectivity index (χ1v) is 10.8. The van der Waals surface area contributed by atoms with Gasteiger partial charge in [0.05, 0.1) is 39.7 Å². The lowest BCUT2D eigenvalue weighted by Crippen LogP contribution is -2.50. The summed E-state index contributed by atoms with van der Waals surface area (Å²) in [4.78, 5) is 32.5. The number of benzene rings is 1. The molecule has 2 heterocycles. The van der Waals surface area contributed by atoms with Crippen LogP contribution in [0, 0.1) is 0 Å². The van der Waals surface area contributed by atoms with E-state index in [1.54, 1.807) is 33.2 Å². The molecule has 34 heavy (non-hydrogen) atoms. The highest BCUT2D eigenvalue weighted by Crippen LogP contribution is 2.41. The van der Waals surface area contributed by atoms with Crippen molar-refractivity contribution in [1.29, 1.82) is 0 Å². The van der Waals surface area contributed by atoms with Crippen LogP contribution in [0.3, 0.4) is 0 Å². The summed E-state index contributed by atoms with van der Waals surface area (Å²) >= 11 is 0. The number of nitrogens with zero attached hydrogens (tertiary/aromatic N) is 3. The number of urea groups is 1. The first-order chi connectivity index (χ1) is 16.4. The second kappa shape index (κ2) is 10.8. The van der Waals surface area contributed by atoms with Crippen molar-refractivity contribution >= 4 is 23.4 Å². The quantitative estimate of drug-likeness (QED) is 0.594. The third-order valence-electron chi connectivity index (χ3n) is 5.65. The van der Waals surface area contributed by atoms with Gasteiger partial charge >= 0.3 is 12.0 Å². The molecule has 3 rings (SSSR count). The number of aromatic carboxylic acids is 1. The molecule has 1 aliphatic rings. The monoisotopic (exact) mass is 474 g/mol. The van der Waals surface area contributed by atoms with Gasteiger partial charge in [0.1, 0.15) is 5.69 Å². The van der Waals surface area contributed by atoms with Gasteiger partial charge in [-0.3, -0.25) is 0 Å². The van der Waals surface area contributed by atoms with E-state index < -0.39 is 5.97 Å². The van der Waals surface area contributed by atoms with Crippen LogP contribution in [0.2, 0.25) is 0 Å². The minimum absolute atomic E-state index is 0.0332. The Balaban J connectivity index is 1.72. The zero-order chi connectivity index (χ0) is 24.8. The van der Waals surface area contributed by atoms with Crippen molar-refractivity contribution in [3.63, 3.8) is 0 Å². The third-order valence-corrected chi connectivity index (χ3v) is 5.65. The number of carbonyl (C=O) groups is 2.